The number of aromatic nitrogens is 3. The summed E-state index contributed by atoms with van der Waals surface area (Å²) in [6.45, 7) is 0. The molecular weight excluding hydrogens is 450 g/mol. The molecule has 0 aliphatic rings. The number of halogens is 5. The van der Waals surface area contributed by atoms with Crippen molar-refractivity contribution >= 4 is 41.2 Å². The number of alkyl halides is 3. The Labute approximate surface area is 177 Å². The summed E-state index contributed by atoms with van der Waals surface area (Å²) in [5, 5.41) is 25.5. The zero-order chi connectivity index (χ0) is 21.8. The fourth-order valence-corrected chi connectivity index (χ4v) is 3.16. The highest BCUT2D eigenvalue weighted by Gasteiger charge is 2.32. The molecule has 0 bridgehead atoms. The van der Waals surface area contributed by atoms with Crippen LogP contribution in [0.25, 0.3) is 5.69 Å². The van der Waals surface area contributed by atoms with Crippen LogP contribution in [0.15, 0.2) is 28.5 Å². The number of thioether (sulfide) groups is 1. The van der Waals surface area contributed by atoms with Crippen LogP contribution in [0.3, 0.4) is 0 Å². The summed E-state index contributed by atoms with van der Waals surface area (Å²) in [5.74, 6) is 0.372. The van der Waals surface area contributed by atoms with E-state index >= 15 is 0 Å². The summed E-state index contributed by atoms with van der Waals surface area (Å²) in [5.41, 5.74) is 4.24. The van der Waals surface area contributed by atoms with Crippen LogP contribution in [0.2, 0.25) is 10.0 Å². The van der Waals surface area contributed by atoms with Crippen molar-refractivity contribution in [3.63, 3.8) is 0 Å². The van der Waals surface area contributed by atoms with Crippen molar-refractivity contribution in [3.05, 3.63) is 50.5 Å². The second-order valence-electron chi connectivity index (χ2n) is 5.28. The van der Waals surface area contributed by atoms with Crippen molar-refractivity contribution in [2.45, 2.75) is 11.9 Å². The third kappa shape index (κ3) is 5.21. The highest BCUT2D eigenvalue weighted by atomic mass is 35.5. The highest BCUT2D eigenvalue weighted by Crippen LogP contribution is 2.37. The molecule has 0 fully saturated rings. The van der Waals surface area contributed by atoms with Crippen molar-refractivity contribution in [1.82, 2.24) is 15.0 Å². The number of hydrogen-bond acceptors (Lipinski definition) is 7. The fourth-order valence-electron chi connectivity index (χ4n) is 2.05. The summed E-state index contributed by atoms with van der Waals surface area (Å²) < 4.78 is 38.7. The van der Waals surface area contributed by atoms with Gasteiger partial charge in [-0.25, -0.2) is 4.99 Å². The van der Waals surface area contributed by atoms with E-state index in [1.54, 1.807) is 18.4 Å². The average molecular weight is 460 g/mol. The molecule has 0 amide bonds. The van der Waals surface area contributed by atoms with Crippen LogP contribution in [0.5, 0.6) is 0 Å². The summed E-state index contributed by atoms with van der Waals surface area (Å²) in [6.07, 6.45) is -1.65. The molecule has 2 aromatic rings. The smallest absolute Gasteiger partial charge is 0.388 e. The number of benzene rings is 1. The highest BCUT2D eigenvalue weighted by molar-refractivity contribution is 7.97. The van der Waals surface area contributed by atoms with Gasteiger partial charge in [-0.15, -0.1) is 9.90 Å². The predicted molar refractivity (Wildman–Crippen MR) is 104 cm³/mol. The van der Waals surface area contributed by atoms with Crippen LogP contribution in [-0.2, 0) is 11.9 Å². The van der Waals surface area contributed by atoms with Crippen LogP contribution >= 0.6 is 35.0 Å². The lowest BCUT2D eigenvalue weighted by Crippen LogP contribution is -2.08. The molecule has 1 heterocycles. The zero-order valence-electron chi connectivity index (χ0n) is 14.5. The first-order valence-electron chi connectivity index (χ1n) is 7.48. The van der Waals surface area contributed by atoms with Crippen molar-refractivity contribution < 1.29 is 13.2 Å². The fraction of sp³-hybridized carbons (Fsp3) is 0.188. The molecule has 2 N–H and O–H groups in total. The summed E-state index contributed by atoms with van der Waals surface area (Å²) >= 11 is 13.4. The summed E-state index contributed by atoms with van der Waals surface area (Å²) in [6, 6.07) is 4.72. The molecule has 0 aliphatic heterocycles. The van der Waals surface area contributed by atoms with E-state index in [4.69, 9.17) is 39.5 Å². The number of nitriles is 2. The van der Waals surface area contributed by atoms with Gasteiger partial charge in [-0.1, -0.05) is 23.2 Å². The molecule has 0 unspecified atom stereocenters. The zero-order valence-corrected chi connectivity index (χ0v) is 16.8. The molecule has 0 saturated carbocycles. The minimum atomic E-state index is -4.62. The molecule has 0 aliphatic carbocycles. The maximum absolute atomic E-state index is 12.9. The molecule has 0 atom stereocenters. The molecule has 1 aromatic heterocycles. The van der Waals surface area contributed by atoms with Crippen LogP contribution in [-0.4, -0.2) is 27.5 Å². The molecular formula is C16H10Cl2F3N7S. The minimum absolute atomic E-state index is 0.0454. The molecule has 2 rings (SSSR count). The van der Waals surface area contributed by atoms with Gasteiger partial charge in [0.05, 0.1) is 21.8 Å². The van der Waals surface area contributed by atoms with Crippen LogP contribution < -0.4 is 5.73 Å². The standard InChI is InChI=1S/C16H10Cl2F3N7S/c1-29-7-14-13(6-25-12(5-23)11(24)4-22)26-28(27-14)15-9(17)2-8(3-10(15)18)16(19,20)21/h2-3,6H,7,24H2,1H3. The Morgan fingerprint density at radius 2 is 1.90 bits per heavy atom. The van der Waals surface area contributed by atoms with Gasteiger partial charge in [0.1, 0.15) is 34.9 Å². The first-order chi connectivity index (χ1) is 13.6. The van der Waals surface area contributed by atoms with Crippen LogP contribution in [0.4, 0.5) is 13.2 Å². The second kappa shape index (κ2) is 9.18. The number of nitrogens with zero attached hydrogens (tertiary/aromatic N) is 6. The number of rotatable bonds is 5. The quantitative estimate of drug-likeness (QED) is 0.531. The van der Waals surface area contributed by atoms with Gasteiger partial charge in [0.2, 0.25) is 0 Å². The van der Waals surface area contributed by atoms with Crippen LogP contribution in [0, 0.1) is 22.7 Å². The van der Waals surface area contributed by atoms with Crippen molar-refractivity contribution in [2.24, 2.45) is 10.7 Å². The molecule has 0 saturated heterocycles. The second-order valence-corrected chi connectivity index (χ2v) is 6.97. The Bertz CT molecular complexity index is 1050. The van der Waals surface area contributed by atoms with E-state index in [1.165, 1.54) is 18.0 Å². The van der Waals surface area contributed by atoms with Gasteiger partial charge < -0.3 is 5.73 Å². The topological polar surface area (TPSA) is 117 Å². The normalized spacial score (nSPS) is 12.6. The van der Waals surface area contributed by atoms with Crippen LogP contribution in [0.1, 0.15) is 17.0 Å². The summed E-state index contributed by atoms with van der Waals surface area (Å²) in [4.78, 5) is 4.82. The largest absolute Gasteiger partial charge is 0.416 e. The monoisotopic (exact) mass is 459 g/mol. The van der Waals surface area contributed by atoms with Gasteiger partial charge in [0, 0.05) is 5.75 Å². The first-order valence-corrected chi connectivity index (χ1v) is 9.63. The van der Waals surface area contributed by atoms with E-state index in [1.807, 2.05) is 0 Å². The lowest BCUT2D eigenvalue weighted by molar-refractivity contribution is -0.137. The van der Waals surface area contributed by atoms with E-state index in [2.05, 4.69) is 15.2 Å². The van der Waals surface area contributed by atoms with Gasteiger partial charge in [-0.05, 0) is 18.4 Å². The molecule has 7 nitrogen and oxygen atoms in total. The van der Waals surface area contributed by atoms with Gasteiger partial charge in [0.15, 0.2) is 5.70 Å². The van der Waals surface area contributed by atoms with Gasteiger partial charge in [0.25, 0.3) is 0 Å². The average Bonchev–Trinajstić information content (AvgIpc) is 3.03. The molecule has 150 valence electrons. The Morgan fingerprint density at radius 1 is 1.28 bits per heavy atom. The third-order valence-electron chi connectivity index (χ3n) is 3.34. The van der Waals surface area contributed by atoms with E-state index in [-0.39, 0.29) is 32.8 Å². The Morgan fingerprint density at radius 3 is 2.38 bits per heavy atom. The van der Waals surface area contributed by atoms with Crippen molar-refractivity contribution in [3.8, 4) is 17.8 Å². The molecule has 1 aromatic carbocycles. The molecule has 0 spiro atoms. The van der Waals surface area contributed by atoms with Gasteiger partial charge >= 0.3 is 6.18 Å². The Hall–Kier alpha value is -2.73. The Kier molecular flexibility index (Phi) is 7.14. The number of allylic oxidation sites excluding steroid dienone is 2. The predicted octanol–water partition coefficient (Wildman–Crippen LogP) is 4.09. The van der Waals surface area contributed by atoms with Gasteiger partial charge in [-0.3, -0.25) is 0 Å². The van der Waals surface area contributed by atoms with Crippen molar-refractivity contribution in [1.29, 1.82) is 10.5 Å². The minimum Gasteiger partial charge on any atom is -0.388 e. The van der Waals surface area contributed by atoms with E-state index < -0.39 is 11.7 Å². The number of nitrogens with two attached hydrogens (primary N) is 1. The molecule has 13 heteroatoms. The molecule has 0 radical (unpaired) electrons. The third-order valence-corrected chi connectivity index (χ3v) is 4.47. The number of hydrogen-bond donors (Lipinski definition) is 1. The molecule has 29 heavy (non-hydrogen) atoms. The van der Waals surface area contributed by atoms with E-state index in [0.29, 0.717) is 11.4 Å². The lowest BCUT2D eigenvalue weighted by atomic mass is 10.2. The Balaban J connectivity index is 2.57. The SMILES string of the molecule is CSCc1nn(-c2c(Cl)cc(C(F)(F)F)cc2Cl)nc1C=NC(C#N)=C(N)C#N. The van der Waals surface area contributed by atoms with E-state index in [9.17, 15) is 13.2 Å². The number of aliphatic imine (C=N–C) groups is 1. The maximum Gasteiger partial charge on any atom is 0.416 e. The maximum atomic E-state index is 12.9. The first kappa shape index (κ1) is 22.6. The van der Waals surface area contributed by atoms with E-state index in [0.717, 1.165) is 16.9 Å². The summed E-state index contributed by atoms with van der Waals surface area (Å²) in [7, 11) is 0. The van der Waals surface area contributed by atoms with Gasteiger partial charge in [-0.2, -0.15) is 40.6 Å². The lowest BCUT2D eigenvalue weighted by Gasteiger charge is -2.11. The van der Waals surface area contributed by atoms with Crippen molar-refractivity contribution in [2.75, 3.05) is 6.26 Å².